The second-order valence-corrected chi connectivity index (χ2v) is 6.15. The smallest absolute Gasteiger partial charge is 0.342 e. The summed E-state index contributed by atoms with van der Waals surface area (Å²) in [4.78, 5) is 35.1. The fourth-order valence-corrected chi connectivity index (χ4v) is 2.99. The molecule has 10 heteroatoms. The van der Waals surface area contributed by atoms with E-state index >= 15 is 0 Å². The monoisotopic (exact) mass is 385 g/mol. The Morgan fingerprint density at radius 1 is 1.39 bits per heavy atom. The van der Waals surface area contributed by atoms with Crippen LogP contribution in [0.2, 0.25) is 0 Å². The maximum Gasteiger partial charge on any atom is 0.342 e. The van der Waals surface area contributed by atoms with Gasteiger partial charge in [-0.3, -0.25) is 9.79 Å². The number of anilines is 2. The summed E-state index contributed by atoms with van der Waals surface area (Å²) < 4.78 is 6.57. The standard InChI is InChI=1S/C18H23N7O3/c1-3-28-17(27)13(11-19)15(20-2)16(26)21-12-6-9-25-14(10-12)22-18(23-25)24-7-4-5-8-24/h6,9-11H,3-5,7-8,19H2,1-2H3,(H,21,26). The van der Waals surface area contributed by atoms with Gasteiger partial charge in [0, 0.05) is 44.3 Å². The topological polar surface area (TPSA) is 127 Å². The number of aliphatic imine (C=N–C) groups is 1. The van der Waals surface area contributed by atoms with E-state index in [0.29, 0.717) is 17.3 Å². The molecular weight excluding hydrogens is 362 g/mol. The zero-order valence-corrected chi connectivity index (χ0v) is 15.9. The molecule has 0 bridgehead atoms. The van der Waals surface area contributed by atoms with Gasteiger partial charge in [0.25, 0.3) is 5.91 Å². The molecule has 3 heterocycles. The molecule has 10 nitrogen and oxygen atoms in total. The van der Waals surface area contributed by atoms with E-state index in [9.17, 15) is 9.59 Å². The Morgan fingerprint density at radius 2 is 2.14 bits per heavy atom. The summed E-state index contributed by atoms with van der Waals surface area (Å²) >= 11 is 0. The molecule has 0 radical (unpaired) electrons. The summed E-state index contributed by atoms with van der Waals surface area (Å²) in [5.74, 6) is -0.604. The lowest BCUT2D eigenvalue weighted by atomic mass is 10.1. The third kappa shape index (κ3) is 3.95. The highest BCUT2D eigenvalue weighted by Gasteiger charge is 2.23. The average molecular weight is 385 g/mol. The van der Waals surface area contributed by atoms with Crippen molar-refractivity contribution in [3.8, 4) is 0 Å². The van der Waals surface area contributed by atoms with E-state index in [-0.39, 0.29) is 17.9 Å². The Labute approximate surface area is 162 Å². The van der Waals surface area contributed by atoms with Crippen LogP contribution in [0.1, 0.15) is 19.8 Å². The number of esters is 1. The number of nitrogens with one attached hydrogen (secondary N) is 1. The Kier molecular flexibility index (Phi) is 5.87. The number of amides is 1. The second-order valence-electron chi connectivity index (χ2n) is 6.15. The van der Waals surface area contributed by atoms with E-state index in [1.165, 1.54) is 7.05 Å². The number of aromatic nitrogens is 3. The molecule has 2 aromatic heterocycles. The van der Waals surface area contributed by atoms with Gasteiger partial charge in [0.05, 0.1) is 6.61 Å². The highest BCUT2D eigenvalue weighted by Crippen LogP contribution is 2.19. The quantitative estimate of drug-likeness (QED) is 0.426. The molecule has 148 valence electrons. The number of pyridine rings is 1. The molecule has 1 saturated heterocycles. The molecule has 0 unspecified atom stereocenters. The summed E-state index contributed by atoms with van der Waals surface area (Å²) in [6.45, 7) is 3.72. The lowest BCUT2D eigenvalue weighted by Crippen LogP contribution is -2.29. The van der Waals surface area contributed by atoms with Crippen molar-refractivity contribution in [1.29, 1.82) is 0 Å². The lowest BCUT2D eigenvalue weighted by Gasteiger charge is -2.10. The predicted octanol–water partition coefficient (Wildman–Crippen LogP) is 0.744. The van der Waals surface area contributed by atoms with Gasteiger partial charge in [-0.25, -0.2) is 9.31 Å². The first-order chi connectivity index (χ1) is 13.6. The fraction of sp³-hybridized carbons (Fsp3) is 0.389. The second kappa shape index (κ2) is 8.51. The Hall–Kier alpha value is -3.43. The van der Waals surface area contributed by atoms with Gasteiger partial charge < -0.3 is 20.7 Å². The molecule has 2 aromatic rings. The summed E-state index contributed by atoms with van der Waals surface area (Å²) in [5, 5.41) is 7.17. The van der Waals surface area contributed by atoms with Crippen molar-refractivity contribution in [3.63, 3.8) is 0 Å². The van der Waals surface area contributed by atoms with Gasteiger partial charge >= 0.3 is 5.97 Å². The van der Waals surface area contributed by atoms with Crippen LogP contribution in [0.15, 0.2) is 35.1 Å². The van der Waals surface area contributed by atoms with E-state index in [4.69, 9.17) is 10.5 Å². The van der Waals surface area contributed by atoms with Gasteiger partial charge in [-0.2, -0.15) is 4.98 Å². The van der Waals surface area contributed by atoms with E-state index in [1.54, 1.807) is 29.8 Å². The molecule has 1 amide bonds. The van der Waals surface area contributed by atoms with Gasteiger partial charge in [0.2, 0.25) is 5.95 Å². The zero-order valence-electron chi connectivity index (χ0n) is 15.9. The third-order valence-corrected chi connectivity index (χ3v) is 4.33. The lowest BCUT2D eigenvalue weighted by molar-refractivity contribution is -0.138. The van der Waals surface area contributed by atoms with Crippen LogP contribution in [0.3, 0.4) is 0 Å². The molecule has 1 aliphatic rings. The average Bonchev–Trinajstić information content (AvgIpc) is 3.34. The predicted molar refractivity (Wildman–Crippen MR) is 105 cm³/mol. The van der Waals surface area contributed by atoms with Crippen LogP contribution in [-0.4, -0.2) is 58.9 Å². The first-order valence-electron chi connectivity index (χ1n) is 9.06. The highest BCUT2D eigenvalue weighted by atomic mass is 16.5. The number of rotatable bonds is 6. The van der Waals surface area contributed by atoms with Crippen molar-refractivity contribution < 1.29 is 14.3 Å². The summed E-state index contributed by atoms with van der Waals surface area (Å²) in [6.07, 6.45) is 5.00. The maximum absolute atomic E-state index is 12.6. The van der Waals surface area contributed by atoms with Crippen LogP contribution >= 0.6 is 0 Å². The largest absolute Gasteiger partial charge is 0.462 e. The van der Waals surface area contributed by atoms with Crippen molar-refractivity contribution >= 4 is 34.9 Å². The van der Waals surface area contributed by atoms with Gasteiger partial charge in [0.15, 0.2) is 5.65 Å². The van der Waals surface area contributed by atoms with Gasteiger partial charge in [-0.05, 0) is 25.8 Å². The number of hydrogen-bond acceptors (Lipinski definition) is 8. The minimum atomic E-state index is -0.705. The van der Waals surface area contributed by atoms with Crippen molar-refractivity contribution in [2.75, 3.05) is 37.0 Å². The van der Waals surface area contributed by atoms with E-state index in [0.717, 1.165) is 32.1 Å². The molecule has 28 heavy (non-hydrogen) atoms. The van der Waals surface area contributed by atoms with Gasteiger partial charge in [-0.1, -0.05) is 0 Å². The van der Waals surface area contributed by atoms with E-state index < -0.39 is 11.9 Å². The van der Waals surface area contributed by atoms with Crippen molar-refractivity contribution in [1.82, 2.24) is 14.6 Å². The van der Waals surface area contributed by atoms with E-state index in [2.05, 4.69) is 25.3 Å². The van der Waals surface area contributed by atoms with Crippen LogP contribution in [-0.2, 0) is 14.3 Å². The Morgan fingerprint density at radius 3 is 2.79 bits per heavy atom. The molecule has 3 rings (SSSR count). The first-order valence-corrected chi connectivity index (χ1v) is 9.06. The molecule has 1 aliphatic heterocycles. The Bertz CT molecular complexity index is 942. The minimum absolute atomic E-state index is 0.0956. The van der Waals surface area contributed by atoms with E-state index in [1.807, 2.05) is 0 Å². The molecule has 1 fully saturated rings. The number of fused-ring (bicyclic) bond motifs is 1. The summed E-state index contributed by atoms with van der Waals surface area (Å²) in [7, 11) is 1.40. The van der Waals surface area contributed by atoms with Crippen molar-refractivity contribution in [2.45, 2.75) is 19.8 Å². The summed E-state index contributed by atoms with van der Waals surface area (Å²) in [6, 6.07) is 3.39. The Balaban J connectivity index is 1.78. The van der Waals surface area contributed by atoms with Crippen molar-refractivity contribution in [3.05, 3.63) is 30.1 Å². The fourth-order valence-electron chi connectivity index (χ4n) is 2.99. The molecule has 0 spiro atoms. The van der Waals surface area contributed by atoms with Gasteiger partial charge in [-0.15, -0.1) is 5.10 Å². The van der Waals surface area contributed by atoms with Crippen LogP contribution in [0.25, 0.3) is 5.65 Å². The number of nitrogens with zero attached hydrogens (tertiary/aromatic N) is 5. The number of carbonyl (C=O) groups excluding carboxylic acids is 2. The van der Waals surface area contributed by atoms with Crippen LogP contribution in [0, 0.1) is 0 Å². The molecular formula is C18H23N7O3. The zero-order chi connectivity index (χ0) is 20.1. The number of ether oxygens (including phenoxy) is 1. The van der Waals surface area contributed by atoms with Crippen LogP contribution < -0.4 is 16.0 Å². The normalized spacial score (nSPS) is 15.1. The number of nitrogens with two attached hydrogens (primary N) is 1. The third-order valence-electron chi connectivity index (χ3n) is 4.33. The molecule has 0 atom stereocenters. The maximum atomic E-state index is 12.6. The van der Waals surface area contributed by atoms with Crippen LogP contribution in [0.4, 0.5) is 11.6 Å². The molecule has 3 N–H and O–H groups in total. The molecule has 0 saturated carbocycles. The van der Waals surface area contributed by atoms with Crippen molar-refractivity contribution in [2.24, 2.45) is 10.7 Å². The SMILES string of the molecule is CCOC(=O)C(=CN)C(=NC)C(=O)Nc1ccn2nc(N3CCCC3)nc2c1. The number of carbonyl (C=O) groups is 2. The molecule has 0 aromatic carbocycles. The van der Waals surface area contributed by atoms with Gasteiger partial charge in [0.1, 0.15) is 11.3 Å². The minimum Gasteiger partial charge on any atom is -0.462 e. The first kappa shape index (κ1) is 19.3. The number of hydrogen-bond donors (Lipinski definition) is 2. The molecule has 0 aliphatic carbocycles. The summed E-state index contributed by atoms with van der Waals surface area (Å²) in [5.41, 5.74) is 6.40. The highest BCUT2D eigenvalue weighted by molar-refractivity contribution is 6.53. The van der Waals surface area contributed by atoms with Crippen LogP contribution in [0.5, 0.6) is 0 Å².